The lowest BCUT2D eigenvalue weighted by atomic mass is 10.0. The number of nitrogens with one attached hydrogen (secondary N) is 2. The summed E-state index contributed by atoms with van der Waals surface area (Å²) in [4.78, 5) is 42.3. The molecule has 15 nitrogen and oxygen atoms in total. The molecule has 2 saturated heterocycles. The summed E-state index contributed by atoms with van der Waals surface area (Å²) in [5.41, 5.74) is 20.3. The van der Waals surface area contributed by atoms with E-state index in [1.807, 2.05) is 57.9 Å². The van der Waals surface area contributed by atoms with Gasteiger partial charge in [-0.1, -0.05) is 0 Å². The van der Waals surface area contributed by atoms with Gasteiger partial charge >= 0.3 is 6.09 Å². The Hall–Kier alpha value is -5.42. The number of aryl methyl sites for hydroxylation is 2. The molecule has 0 spiro atoms. The number of anilines is 2. The van der Waals surface area contributed by atoms with Crippen molar-refractivity contribution < 1.29 is 27.8 Å². The fourth-order valence-corrected chi connectivity index (χ4v) is 9.70. The summed E-state index contributed by atoms with van der Waals surface area (Å²) in [6, 6.07) is 6.14. The van der Waals surface area contributed by atoms with Crippen LogP contribution in [0.2, 0.25) is 0 Å². The van der Waals surface area contributed by atoms with E-state index in [1.54, 1.807) is 4.57 Å². The number of nitrogens with zero attached hydrogens (tertiary/aromatic N) is 4. The summed E-state index contributed by atoms with van der Waals surface area (Å²) in [7, 11) is 0. The predicted octanol–water partition coefficient (Wildman–Crippen LogP) is 6.91. The van der Waals surface area contributed by atoms with Crippen molar-refractivity contribution in [2.24, 2.45) is 29.0 Å². The van der Waals surface area contributed by atoms with Crippen LogP contribution in [0.25, 0.3) is 21.8 Å². The first-order chi connectivity index (χ1) is 31.3. The molecule has 8 rings (SSSR count). The first kappa shape index (κ1) is 48.5. The molecule has 360 valence electrons. The molecule has 4 heterocycles. The number of benzene rings is 2. The minimum atomic E-state index is -0.569. The molecule has 4 fully saturated rings. The molecule has 2 aliphatic carbocycles. The third-order valence-electron chi connectivity index (χ3n) is 13.2. The SMILES string of the molecule is Cc1c(N2CC[C@@H]([C@H](C)N)C2)c(F)cc2c(OCCCC(=N)N)cc(=O)n(C3CC3)c12.Cc1c(N2CC[C@@H]([C@H](C)NC(=O)OC(C)(C)C)C2)c(F)cc2c(OCCN)cc(=O)n(C3CC3)c12. The Morgan fingerprint density at radius 2 is 1.27 bits per heavy atom. The zero-order valence-electron chi connectivity index (χ0n) is 39.6. The first-order valence-corrected chi connectivity index (χ1v) is 23.6. The monoisotopic (exact) mass is 918 g/mol. The van der Waals surface area contributed by atoms with Gasteiger partial charge in [0, 0.05) is 86.2 Å². The second-order valence-electron chi connectivity index (χ2n) is 19.8. The standard InChI is InChI=1S/C26H37FN4O4.C23H32FN5O2/c1-15-23-19(21(34-11-9-28)13-22(32)31(23)18-6-7-18)12-20(27)24(15)30-10-8-17(14-30)16(2)29-25(33)35-26(3,4)5;1-13-22-17(10-18(24)23(13)28-8-7-15(12-28)14(2)25)19(31-9-3-4-20(26)27)11-21(30)29(22)16-5-6-16/h12-13,16-18H,6-11,14,28H2,1-5H3,(H,29,33);10-11,14-16H,3-9,12,25H2,1-2H3,(H3,26,27)/t16-,17+;14-,15+/m00/s1. The van der Waals surface area contributed by atoms with Crippen LogP contribution in [0.5, 0.6) is 11.5 Å². The molecule has 66 heavy (non-hydrogen) atoms. The van der Waals surface area contributed by atoms with Gasteiger partial charge in [-0.25, -0.2) is 13.6 Å². The number of ether oxygens (including phenoxy) is 3. The molecule has 8 N–H and O–H groups in total. The number of hydrogen-bond acceptors (Lipinski definition) is 11. The van der Waals surface area contributed by atoms with Crippen LogP contribution in [0, 0.1) is 42.7 Å². The lowest BCUT2D eigenvalue weighted by Gasteiger charge is -2.27. The van der Waals surface area contributed by atoms with Crippen molar-refractivity contribution in [3.63, 3.8) is 0 Å². The van der Waals surface area contributed by atoms with Gasteiger partial charge in [-0.2, -0.15) is 0 Å². The van der Waals surface area contributed by atoms with Gasteiger partial charge < -0.3 is 55.7 Å². The second kappa shape index (κ2) is 19.8. The molecule has 4 atom stereocenters. The number of nitrogens with two attached hydrogens (primary N) is 3. The average Bonchev–Trinajstić information content (AvgIpc) is 4.15. The quantitative estimate of drug-likeness (QED) is 0.0470. The predicted molar refractivity (Wildman–Crippen MR) is 257 cm³/mol. The Bertz CT molecular complexity index is 2580. The lowest BCUT2D eigenvalue weighted by Crippen LogP contribution is -2.42. The van der Waals surface area contributed by atoms with Crippen molar-refractivity contribution in [2.75, 3.05) is 55.7 Å². The van der Waals surface area contributed by atoms with E-state index in [0.717, 1.165) is 73.8 Å². The number of pyridine rings is 2. The Balaban J connectivity index is 0.000000198. The molecule has 0 unspecified atom stereocenters. The van der Waals surface area contributed by atoms with Crippen molar-refractivity contribution in [3.8, 4) is 11.5 Å². The molecule has 2 aromatic carbocycles. The van der Waals surface area contributed by atoms with E-state index in [9.17, 15) is 14.4 Å². The maximum Gasteiger partial charge on any atom is 0.407 e. The molecular weight excluding hydrogens is 849 g/mol. The van der Waals surface area contributed by atoms with Crippen molar-refractivity contribution in [1.29, 1.82) is 5.41 Å². The molecular formula is C49H69F2N9O6. The largest absolute Gasteiger partial charge is 0.493 e. The molecule has 4 aliphatic rings. The number of halogens is 2. The minimum Gasteiger partial charge on any atom is -0.493 e. The normalized spacial score (nSPS) is 19.4. The number of alkyl carbamates (subject to hydrolysis) is 1. The topological polar surface area (TPSA) is 209 Å². The van der Waals surface area contributed by atoms with E-state index >= 15 is 8.78 Å². The van der Waals surface area contributed by atoms with Crippen molar-refractivity contribution in [3.05, 3.63) is 67.7 Å². The molecule has 2 aliphatic heterocycles. The van der Waals surface area contributed by atoms with Crippen LogP contribution in [0.4, 0.5) is 25.0 Å². The highest BCUT2D eigenvalue weighted by atomic mass is 19.1. The highest BCUT2D eigenvalue weighted by Gasteiger charge is 2.35. The van der Waals surface area contributed by atoms with E-state index in [-0.39, 0.29) is 65.3 Å². The number of carbonyl (C=O) groups excluding carboxylic acids is 1. The molecule has 4 aromatic rings. The zero-order chi connectivity index (χ0) is 47.8. The van der Waals surface area contributed by atoms with Crippen molar-refractivity contribution in [2.45, 2.75) is 130 Å². The first-order valence-electron chi connectivity index (χ1n) is 23.6. The van der Waals surface area contributed by atoms with E-state index in [0.29, 0.717) is 78.6 Å². The van der Waals surface area contributed by atoms with Crippen LogP contribution in [0.1, 0.15) is 109 Å². The summed E-state index contributed by atoms with van der Waals surface area (Å²) < 4.78 is 51.6. The van der Waals surface area contributed by atoms with Gasteiger partial charge in [0.15, 0.2) is 0 Å². The summed E-state index contributed by atoms with van der Waals surface area (Å²) in [5.74, 6) is 0.684. The molecule has 1 amide bonds. The summed E-state index contributed by atoms with van der Waals surface area (Å²) in [6.45, 7) is 16.8. The number of fused-ring (bicyclic) bond motifs is 2. The van der Waals surface area contributed by atoms with Crippen molar-refractivity contribution >= 4 is 45.1 Å². The zero-order valence-corrected chi connectivity index (χ0v) is 39.6. The van der Waals surface area contributed by atoms with Gasteiger partial charge in [0.25, 0.3) is 11.1 Å². The average molecular weight is 918 g/mol. The van der Waals surface area contributed by atoms with Crippen LogP contribution < -0.4 is 52.9 Å². The van der Waals surface area contributed by atoms with Gasteiger partial charge in [-0.05, 0) is 129 Å². The van der Waals surface area contributed by atoms with Gasteiger partial charge in [0.1, 0.15) is 35.3 Å². The van der Waals surface area contributed by atoms with Crippen LogP contribution in [-0.2, 0) is 4.74 Å². The number of carbonyl (C=O) groups is 1. The number of hydrogen-bond donors (Lipinski definition) is 5. The van der Waals surface area contributed by atoms with Gasteiger partial charge in [0.05, 0.1) is 34.9 Å². The number of aromatic nitrogens is 2. The van der Waals surface area contributed by atoms with Gasteiger partial charge in [0.2, 0.25) is 0 Å². The highest BCUT2D eigenvalue weighted by Crippen LogP contribution is 2.44. The summed E-state index contributed by atoms with van der Waals surface area (Å²) in [5, 5.41) is 11.5. The van der Waals surface area contributed by atoms with Gasteiger partial charge in [-0.15, -0.1) is 0 Å². The van der Waals surface area contributed by atoms with Gasteiger partial charge in [-0.3, -0.25) is 15.0 Å². The molecule has 2 aromatic heterocycles. The Labute approximate surface area is 385 Å². The summed E-state index contributed by atoms with van der Waals surface area (Å²) >= 11 is 0. The Morgan fingerprint density at radius 1 is 0.803 bits per heavy atom. The molecule has 2 saturated carbocycles. The third kappa shape index (κ3) is 10.7. The van der Waals surface area contributed by atoms with Crippen LogP contribution in [0.15, 0.2) is 33.9 Å². The van der Waals surface area contributed by atoms with E-state index in [1.165, 1.54) is 24.3 Å². The number of amidine groups is 1. The van der Waals surface area contributed by atoms with Crippen LogP contribution in [-0.4, -0.2) is 84.7 Å². The van der Waals surface area contributed by atoms with E-state index in [2.05, 4.69) is 10.2 Å². The van der Waals surface area contributed by atoms with E-state index < -0.39 is 11.7 Å². The van der Waals surface area contributed by atoms with Crippen LogP contribution in [0.3, 0.4) is 0 Å². The van der Waals surface area contributed by atoms with Crippen molar-refractivity contribution in [1.82, 2.24) is 14.5 Å². The maximum atomic E-state index is 15.6. The molecule has 0 bridgehead atoms. The highest BCUT2D eigenvalue weighted by molar-refractivity contribution is 5.93. The number of amides is 1. The van der Waals surface area contributed by atoms with E-state index in [4.69, 9.17) is 36.8 Å². The Kier molecular flexibility index (Phi) is 14.6. The molecule has 17 heteroatoms. The fraction of sp³-hybridized carbons (Fsp3) is 0.592. The fourth-order valence-electron chi connectivity index (χ4n) is 9.70. The lowest BCUT2D eigenvalue weighted by molar-refractivity contribution is 0.0494. The Morgan fingerprint density at radius 3 is 1.70 bits per heavy atom. The third-order valence-corrected chi connectivity index (χ3v) is 13.2. The summed E-state index contributed by atoms with van der Waals surface area (Å²) in [6.07, 6.45) is 6.06. The smallest absolute Gasteiger partial charge is 0.407 e. The second-order valence-corrected chi connectivity index (χ2v) is 19.8. The minimum absolute atomic E-state index is 0.0634. The maximum absolute atomic E-state index is 15.6. The number of rotatable bonds is 15. The van der Waals surface area contributed by atoms with Crippen LogP contribution >= 0.6 is 0 Å². The molecule has 0 radical (unpaired) electrons.